The second-order valence-corrected chi connectivity index (χ2v) is 2.75. The predicted octanol–water partition coefficient (Wildman–Crippen LogP) is 0.358. The summed E-state index contributed by atoms with van der Waals surface area (Å²) in [7, 11) is 0. The van der Waals surface area contributed by atoms with Crippen LogP contribution in [0, 0.1) is 0 Å². The van der Waals surface area contributed by atoms with E-state index in [0.29, 0.717) is 0 Å². The van der Waals surface area contributed by atoms with Crippen molar-refractivity contribution in [2.75, 3.05) is 0 Å². The molecule has 0 spiro atoms. The third kappa shape index (κ3) is 5.62. The van der Waals surface area contributed by atoms with Crippen molar-refractivity contribution in [1.29, 1.82) is 0 Å². The van der Waals surface area contributed by atoms with E-state index in [1.54, 1.807) is 0 Å². The minimum absolute atomic E-state index is 0.0220. The Kier molecular flexibility index (Phi) is 4.11. The van der Waals surface area contributed by atoms with Gasteiger partial charge in [-0.2, -0.15) is 12.6 Å². The SMILES string of the molecule is CC(=O)CC(S)NC(C)=O. The zero-order chi connectivity index (χ0) is 8.15. The lowest BCUT2D eigenvalue weighted by Crippen LogP contribution is -2.29. The monoisotopic (exact) mass is 161 g/mol. The predicted molar refractivity (Wildman–Crippen MR) is 41.9 cm³/mol. The molecule has 3 nitrogen and oxygen atoms in total. The first-order valence-corrected chi connectivity index (χ1v) is 3.48. The Balaban J connectivity index is 3.53. The number of Topliss-reactive ketones (excluding diaryl/α,β-unsaturated/α-hetero) is 1. The zero-order valence-electron chi connectivity index (χ0n) is 6.05. The van der Waals surface area contributed by atoms with Gasteiger partial charge in [-0.15, -0.1) is 0 Å². The van der Waals surface area contributed by atoms with Crippen molar-refractivity contribution in [3.05, 3.63) is 0 Å². The highest BCUT2D eigenvalue weighted by Gasteiger charge is 2.05. The van der Waals surface area contributed by atoms with Gasteiger partial charge in [0, 0.05) is 13.3 Å². The summed E-state index contributed by atoms with van der Waals surface area (Å²) in [6.07, 6.45) is 0.280. The number of carbonyl (C=O) groups is 2. The van der Waals surface area contributed by atoms with E-state index < -0.39 is 0 Å². The fraction of sp³-hybridized carbons (Fsp3) is 0.667. The molecule has 0 aromatic carbocycles. The van der Waals surface area contributed by atoms with Gasteiger partial charge < -0.3 is 5.32 Å². The fourth-order valence-electron chi connectivity index (χ4n) is 0.558. The molecule has 0 rings (SSSR count). The largest absolute Gasteiger partial charge is 0.344 e. The number of hydrogen-bond acceptors (Lipinski definition) is 3. The molecule has 4 heteroatoms. The van der Waals surface area contributed by atoms with Crippen molar-refractivity contribution in [3.63, 3.8) is 0 Å². The number of carbonyl (C=O) groups excluding carboxylic acids is 2. The van der Waals surface area contributed by atoms with Crippen LogP contribution in [0.15, 0.2) is 0 Å². The van der Waals surface area contributed by atoms with Crippen LogP contribution < -0.4 is 5.32 Å². The zero-order valence-corrected chi connectivity index (χ0v) is 6.94. The number of nitrogens with one attached hydrogen (secondary N) is 1. The third-order valence-electron chi connectivity index (χ3n) is 0.851. The van der Waals surface area contributed by atoms with E-state index >= 15 is 0 Å². The van der Waals surface area contributed by atoms with Crippen LogP contribution in [-0.2, 0) is 9.59 Å². The molecule has 0 aliphatic carbocycles. The topological polar surface area (TPSA) is 46.2 Å². The van der Waals surface area contributed by atoms with Gasteiger partial charge in [0.1, 0.15) is 5.78 Å². The van der Waals surface area contributed by atoms with E-state index in [0.717, 1.165) is 0 Å². The molecule has 0 saturated carbocycles. The van der Waals surface area contributed by atoms with E-state index in [2.05, 4.69) is 17.9 Å². The van der Waals surface area contributed by atoms with Crippen LogP contribution in [0.3, 0.4) is 0 Å². The molecule has 1 amide bonds. The van der Waals surface area contributed by atoms with E-state index in [-0.39, 0.29) is 23.5 Å². The Morgan fingerprint density at radius 3 is 2.30 bits per heavy atom. The summed E-state index contributed by atoms with van der Waals surface area (Å²) in [6.45, 7) is 2.86. The van der Waals surface area contributed by atoms with E-state index in [1.165, 1.54) is 13.8 Å². The molecular weight excluding hydrogens is 150 g/mol. The summed E-state index contributed by atoms with van der Waals surface area (Å²) < 4.78 is 0. The Labute approximate surface area is 65.6 Å². The lowest BCUT2D eigenvalue weighted by Gasteiger charge is -2.07. The van der Waals surface area contributed by atoms with Gasteiger partial charge in [-0.1, -0.05) is 0 Å². The van der Waals surface area contributed by atoms with Gasteiger partial charge in [-0.05, 0) is 6.92 Å². The summed E-state index contributed by atoms with van der Waals surface area (Å²) in [6, 6.07) is 0. The number of thiol groups is 1. The average Bonchev–Trinajstić information content (AvgIpc) is 1.58. The van der Waals surface area contributed by atoms with Crippen LogP contribution in [0.5, 0.6) is 0 Å². The fourth-order valence-corrected chi connectivity index (χ4v) is 0.997. The van der Waals surface area contributed by atoms with Crippen molar-refractivity contribution >= 4 is 24.3 Å². The van der Waals surface area contributed by atoms with Crippen molar-refractivity contribution in [2.24, 2.45) is 0 Å². The summed E-state index contributed by atoms with van der Waals surface area (Å²) in [4.78, 5) is 20.8. The van der Waals surface area contributed by atoms with E-state index in [1.807, 2.05) is 0 Å². The Hall–Kier alpha value is -0.510. The number of hydrogen-bond donors (Lipinski definition) is 2. The van der Waals surface area contributed by atoms with Gasteiger partial charge in [-0.25, -0.2) is 0 Å². The van der Waals surface area contributed by atoms with Crippen molar-refractivity contribution in [1.82, 2.24) is 5.32 Å². The molecular formula is C6H11NO2S. The highest BCUT2D eigenvalue weighted by molar-refractivity contribution is 7.80. The lowest BCUT2D eigenvalue weighted by atomic mass is 10.3. The van der Waals surface area contributed by atoms with Gasteiger partial charge >= 0.3 is 0 Å². The minimum Gasteiger partial charge on any atom is -0.344 e. The molecule has 10 heavy (non-hydrogen) atoms. The highest BCUT2D eigenvalue weighted by atomic mass is 32.1. The van der Waals surface area contributed by atoms with Gasteiger partial charge in [-0.3, -0.25) is 9.59 Å². The van der Waals surface area contributed by atoms with Crippen LogP contribution in [-0.4, -0.2) is 17.1 Å². The van der Waals surface area contributed by atoms with Gasteiger partial charge in [0.05, 0.1) is 5.37 Å². The molecule has 1 N–H and O–H groups in total. The summed E-state index contributed by atoms with van der Waals surface area (Å²) in [5.41, 5.74) is 0. The van der Waals surface area contributed by atoms with Gasteiger partial charge in [0.25, 0.3) is 0 Å². The van der Waals surface area contributed by atoms with Crippen LogP contribution in [0.2, 0.25) is 0 Å². The van der Waals surface area contributed by atoms with Crippen molar-refractivity contribution < 1.29 is 9.59 Å². The molecule has 58 valence electrons. The maximum atomic E-state index is 10.4. The Morgan fingerprint density at radius 1 is 1.50 bits per heavy atom. The van der Waals surface area contributed by atoms with Gasteiger partial charge in [0.15, 0.2) is 0 Å². The number of ketones is 1. The maximum Gasteiger partial charge on any atom is 0.217 e. The average molecular weight is 161 g/mol. The molecule has 0 aromatic rings. The lowest BCUT2D eigenvalue weighted by molar-refractivity contribution is -0.119. The molecule has 0 radical (unpaired) electrons. The van der Waals surface area contributed by atoms with Crippen LogP contribution in [0.1, 0.15) is 20.3 Å². The third-order valence-corrected chi connectivity index (χ3v) is 1.16. The first kappa shape index (κ1) is 9.49. The molecule has 0 heterocycles. The second kappa shape index (κ2) is 4.33. The van der Waals surface area contributed by atoms with E-state index in [9.17, 15) is 9.59 Å². The Bertz CT molecular complexity index is 131. The van der Waals surface area contributed by atoms with Crippen molar-refractivity contribution in [3.8, 4) is 0 Å². The van der Waals surface area contributed by atoms with Crippen LogP contribution >= 0.6 is 12.6 Å². The Morgan fingerprint density at radius 2 is 2.00 bits per heavy atom. The number of amides is 1. The standard InChI is InChI=1S/C6H11NO2S/c1-4(8)3-6(10)7-5(2)9/h6,10H,3H2,1-2H3,(H,7,9). The summed E-state index contributed by atoms with van der Waals surface area (Å²) >= 11 is 3.96. The first-order valence-electron chi connectivity index (χ1n) is 2.97. The molecule has 0 aromatic heterocycles. The van der Waals surface area contributed by atoms with Gasteiger partial charge in [0.2, 0.25) is 5.91 Å². The summed E-state index contributed by atoms with van der Waals surface area (Å²) in [5, 5.41) is 2.14. The molecule has 1 atom stereocenters. The molecule has 0 saturated heterocycles. The highest BCUT2D eigenvalue weighted by Crippen LogP contribution is 1.96. The molecule has 0 bridgehead atoms. The molecule has 0 aliphatic heterocycles. The molecule has 0 aliphatic rings. The molecule has 1 unspecified atom stereocenters. The smallest absolute Gasteiger partial charge is 0.217 e. The second-order valence-electron chi connectivity index (χ2n) is 2.12. The normalized spacial score (nSPS) is 12.3. The van der Waals surface area contributed by atoms with E-state index in [4.69, 9.17) is 0 Å². The first-order chi connectivity index (χ1) is 4.52. The summed E-state index contributed by atoms with van der Waals surface area (Å²) in [5.74, 6) is -0.144. The maximum absolute atomic E-state index is 10.4. The minimum atomic E-state index is -0.338. The molecule has 0 fully saturated rings. The van der Waals surface area contributed by atoms with Crippen LogP contribution in [0.4, 0.5) is 0 Å². The van der Waals surface area contributed by atoms with Crippen molar-refractivity contribution in [2.45, 2.75) is 25.6 Å². The quantitative estimate of drug-likeness (QED) is 0.463. The number of rotatable bonds is 3. The van der Waals surface area contributed by atoms with Crippen LogP contribution in [0.25, 0.3) is 0 Å².